The highest BCUT2D eigenvalue weighted by atomic mass is 16.2. The number of nitrogens with two attached hydrogens (primary N) is 1. The maximum Gasteiger partial charge on any atom is 0.221 e. The lowest BCUT2D eigenvalue weighted by Gasteiger charge is -2.22. The van der Waals surface area contributed by atoms with Gasteiger partial charge >= 0.3 is 0 Å². The second-order valence-corrected chi connectivity index (χ2v) is 5.52. The Hall–Kier alpha value is -1.10. The topological polar surface area (TPSA) is 84.2 Å². The van der Waals surface area contributed by atoms with E-state index in [1.54, 1.807) is 0 Å². The van der Waals surface area contributed by atoms with E-state index in [9.17, 15) is 9.59 Å². The highest BCUT2D eigenvalue weighted by Crippen LogP contribution is 2.17. The van der Waals surface area contributed by atoms with Crippen molar-refractivity contribution in [3.8, 4) is 0 Å². The summed E-state index contributed by atoms with van der Waals surface area (Å²) in [5.74, 6) is 0.0159. The second-order valence-electron chi connectivity index (χ2n) is 5.52. The van der Waals surface area contributed by atoms with Crippen LogP contribution < -0.4 is 16.4 Å². The summed E-state index contributed by atoms with van der Waals surface area (Å²) in [5, 5.41) is 5.78. The molecule has 1 unspecified atom stereocenters. The molecule has 1 rings (SSSR count). The SMILES string of the molecule is CC(N)CCC(=O)NCCC(=O)NC1CCCCC1. The summed E-state index contributed by atoms with van der Waals surface area (Å²) in [6.07, 6.45) is 7.35. The van der Waals surface area contributed by atoms with E-state index in [1.807, 2.05) is 6.92 Å². The summed E-state index contributed by atoms with van der Waals surface area (Å²) < 4.78 is 0. The molecule has 0 heterocycles. The van der Waals surface area contributed by atoms with Crippen LogP contribution in [-0.4, -0.2) is 30.4 Å². The van der Waals surface area contributed by atoms with Gasteiger partial charge in [0.25, 0.3) is 0 Å². The molecule has 1 aliphatic carbocycles. The Kier molecular flexibility index (Phi) is 7.48. The summed E-state index contributed by atoms with van der Waals surface area (Å²) in [5.41, 5.74) is 5.58. The quantitative estimate of drug-likeness (QED) is 0.646. The lowest BCUT2D eigenvalue weighted by atomic mass is 9.95. The van der Waals surface area contributed by atoms with Gasteiger partial charge in [-0.3, -0.25) is 9.59 Å². The van der Waals surface area contributed by atoms with Crippen LogP contribution >= 0.6 is 0 Å². The predicted molar refractivity (Wildman–Crippen MR) is 75.5 cm³/mol. The van der Waals surface area contributed by atoms with Gasteiger partial charge in [-0.05, 0) is 26.2 Å². The number of carbonyl (C=O) groups is 2. The number of rotatable bonds is 7. The van der Waals surface area contributed by atoms with Crippen LogP contribution in [0.3, 0.4) is 0 Å². The molecule has 5 heteroatoms. The third-order valence-corrected chi connectivity index (χ3v) is 3.47. The molecule has 0 radical (unpaired) electrons. The molecule has 1 saturated carbocycles. The molecule has 0 spiro atoms. The van der Waals surface area contributed by atoms with Gasteiger partial charge in [0.1, 0.15) is 0 Å². The van der Waals surface area contributed by atoms with E-state index in [0.29, 0.717) is 31.8 Å². The van der Waals surface area contributed by atoms with E-state index in [4.69, 9.17) is 5.73 Å². The van der Waals surface area contributed by atoms with Crippen LogP contribution in [0.4, 0.5) is 0 Å². The largest absolute Gasteiger partial charge is 0.356 e. The van der Waals surface area contributed by atoms with Gasteiger partial charge in [-0.15, -0.1) is 0 Å². The van der Waals surface area contributed by atoms with Crippen molar-refractivity contribution < 1.29 is 9.59 Å². The highest BCUT2D eigenvalue weighted by molar-refractivity contribution is 5.79. The molecule has 19 heavy (non-hydrogen) atoms. The normalized spacial score (nSPS) is 17.8. The van der Waals surface area contributed by atoms with Crippen LogP contribution in [0, 0.1) is 0 Å². The van der Waals surface area contributed by atoms with E-state index in [0.717, 1.165) is 12.8 Å². The van der Waals surface area contributed by atoms with Crippen molar-refractivity contribution >= 4 is 11.8 Å². The number of hydrogen-bond donors (Lipinski definition) is 3. The Morgan fingerprint density at radius 3 is 2.47 bits per heavy atom. The van der Waals surface area contributed by atoms with Gasteiger partial charge in [0.15, 0.2) is 0 Å². The Bertz CT molecular complexity index is 286. The molecule has 1 fully saturated rings. The summed E-state index contributed by atoms with van der Waals surface area (Å²) in [6.45, 7) is 2.29. The minimum absolute atomic E-state index is 0.0252. The fourth-order valence-electron chi connectivity index (χ4n) is 2.31. The molecule has 0 aromatic rings. The maximum absolute atomic E-state index is 11.7. The molecule has 0 aliphatic heterocycles. The van der Waals surface area contributed by atoms with Crippen LogP contribution in [0.5, 0.6) is 0 Å². The van der Waals surface area contributed by atoms with Gasteiger partial charge in [0.05, 0.1) is 0 Å². The third-order valence-electron chi connectivity index (χ3n) is 3.47. The molecule has 1 atom stereocenters. The van der Waals surface area contributed by atoms with Crippen LogP contribution in [0.1, 0.15) is 58.3 Å². The molecule has 0 aromatic heterocycles. The summed E-state index contributed by atoms with van der Waals surface area (Å²) in [7, 11) is 0. The summed E-state index contributed by atoms with van der Waals surface area (Å²) in [6, 6.07) is 0.385. The lowest BCUT2D eigenvalue weighted by Crippen LogP contribution is -2.38. The minimum Gasteiger partial charge on any atom is -0.356 e. The van der Waals surface area contributed by atoms with Crippen LogP contribution in [-0.2, 0) is 9.59 Å². The monoisotopic (exact) mass is 269 g/mol. The van der Waals surface area contributed by atoms with Crippen molar-refractivity contribution in [1.82, 2.24) is 10.6 Å². The Labute approximate surface area is 115 Å². The first-order chi connectivity index (χ1) is 9.08. The molecule has 4 N–H and O–H groups in total. The molecule has 0 bridgehead atoms. The third kappa shape index (κ3) is 7.82. The molecule has 0 aromatic carbocycles. The van der Waals surface area contributed by atoms with Crippen molar-refractivity contribution in [3.63, 3.8) is 0 Å². The van der Waals surface area contributed by atoms with Gasteiger partial charge < -0.3 is 16.4 Å². The number of carbonyl (C=O) groups excluding carboxylic acids is 2. The van der Waals surface area contributed by atoms with E-state index >= 15 is 0 Å². The first kappa shape index (κ1) is 16.0. The molecule has 1 aliphatic rings. The van der Waals surface area contributed by atoms with E-state index in [1.165, 1.54) is 19.3 Å². The maximum atomic E-state index is 11.7. The standard InChI is InChI=1S/C14H27N3O2/c1-11(15)7-8-13(18)16-10-9-14(19)17-12-5-3-2-4-6-12/h11-12H,2-10,15H2,1H3,(H,16,18)(H,17,19). The smallest absolute Gasteiger partial charge is 0.221 e. The van der Waals surface area contributed by atoms with Crippen molar-refractivity contribution in [2.24, 2.45) is 5.73 Å². The molecule has 110 valence electrons. The van der Waals surface area contributed by atoms with Gasteiger partial charge in [0, 0.05) is 31.5 Å². The molecule has 2 amide bonds. The number of nitrogens with one attached hydrogen (secondary N) is 2. The zero-order valence-corrected chi connectivity index (χ0v) is 11.9. The average Bonchev–Trinajstić information content (AvgIpc) is 2.37. The van der Waals surface area contributed by atoms with Crippen molar-refractivity contribution in [2.75, 3.05) is 6.54 Å². The van der Waals surface area contributed by atoms with Gasteiger partial charge in [-0.2, -0.15) is 0 Å². The van der Waals surface area contributed by atoms with Crippen molar-refractivity contribution in [1.29, 1.82) is 0 Å². The molecular weight excluding hydrogens is 242 g/mol. The van der Waals surface area contributed by atoms with E-state index in [2.05, 4.69) is 10.6 Å². The van der Waals surface area contributed by atoms with Gasteiger partial charge in [-0.25, -0.2) is 0 Å². The first-order valence-corrected chi connectivity index (χ1v) is 7.39. The predicted octanol–water partition coefficient (Wildman–Crippen LogP) is 1.07. The second kappa shape index (κ2) is 8.91. The molecular formula is C14H27N3O2. The molecule has 5 nitrogen and oxygen atoms in total. The van der Waals surface area contributed by atoms with E-state index in [-0.39, 0.29) is 17.9 Å². The zero-order valence-electron chi connectivity index (χ0n) is 11.9. The van der Waals surface area contributed by atoms with Gasteiger partial charge in [0.2, 0.25) is 11.8 Å². The van der Waals surface area contributed by atoms with Crippen LogP contribution in [0.2, 0.25) is 0 Å². The fraction of sp³-hybridized carbons (Fsp3) is 0.857. The Morgan fingerprint density at radius 1 is 1.16 bits per heavy atom. The van der Waals surface area contributed by atoms with Crippen molar-refractivity contribution in [2.45, 2.75) is 70.4 Å². The molecule has 0 saturated heterocycles. The van der Waals surface area contributed by atoms with Crippen LogP contribution in [0.15, 0.2) is 0 Å². The highest BCUT2D eigenvalue weighted by Gasteiger charge is 2.15. The Balaban J connectivity index is 2.04. The first-order valence-electron chi connectivity index (χ1n) is 7.39. The van der Waals surface area contributed by atoms with Crippen molar-refractivity contribution in [3.05, 3.63) is 0 Å². The minimum atomic E-state index is -0.0252. The zero-order chi connectivity index (χ0) is 14.1. The fourth-order valence-corrected chi connectivity index (χ4v) is 2.31. The number of hydrogen-bond acceptors (Lipinski definition) is 3. The van der Waals surface area contributed by atoms with Gasteiger partial charge in [-0.1, -0.05) is 19.3 Å². The van der Waals surface area contributed by atoms with Crippen LogP contribution in [0.25, 0.3) is 0 Å². The van der Waals surface area contributed by atoms with E-state index < -0.39 is 0 Å². The summed E-state index contributed by atoms with van der Waals surface area (Å²) >= 11 is 0. The summed E-state index contributed by atoms with van der Waals surface area (Å²) in [4.78, 5) is 23.1. The lowest BCUT2D eigenvalue weighted by molar-refractivity contribution is -0.122. The Morgan fingerprint density at radius 2 is 1.84 bits per heavy atom. The average molecular weight is 269 g/mol. The number of amides is 2.